The molecule has 2 aliphatic heterocycles. The van der Waals surface area contributed by atoms with Crippen LogP contribution >= 0.6 is 0 Å². The van der Waals surface area contributed by atoms with E-state index in [-0.39, 0.29) is 48.4 Å². The molecular weight excluding hydrogens is 650 g/mol. The van der Waals surface area contributed by atoms with Crippen molar-refractivity contribution < 1.29 is 41.3 Å². The summed E-state index contributed by atoms with van der Waals surface area (Å²) < 4.78 is 67.1. The second-order valence-electron chi connectivity index (χ2n) is 12.4. The van der Waals surface area contributed by atoms with Gasteiger partial charge in [0.05, 0.1) is 40.5 Å². The van der Waals surface area contributed by atoms with Crippen molar-refractivity contribution in [2.45, 2.75) is 79.4 Å². The zero-order valence-corrected chi connectivity index (χ0v) is 28.2. The smallest absolute Gasteiger partial charge is 0.407 e. The fraction of sp³-hybridized carbons (Fsp3) is 0.500. The molecule has 15 heteroatoms. The third-order valence-electron chi connectivity index (χ3n) is 9.03. The Kier molecular flexibility index (Phi) is 10.0. The molecule has 5 rings (SSSR count). The molecule has 2 saturated heterocycles. The van der Waals surface area contributed by atoms with Crippen LogP contribution in [-0.4, -0.2) is 103 Å². The molecule has 2 aliphatic rings. The number of fused-ring (bicyclic) bond motifs is 1. The third-order valence-corrected chi connectivity index (χ3v) is 13.1. The molecule has 3 heterocycles. The number of carbonyl (C=O) groups is 1. The summed E-state index contributed by atoms with van der Waals surface area (Å²) in [6.07, 6.45) is -0.122. The molecule has 2 unspecified atom stereocenters. The monoisotopic (exact) mass is 691 g/mol. The Hall–Kier alpha value is -3.50. The number of nitrogens with zero attached hydrogens (tertiary/aromatic N) is 3. The SMILES string of the molecule is CCn1cc(S(=O)(=O)N2CCC3(CC2)CC(N(CC(O)COc2cccc(S(=O)(=O)C(C)C)c2)C(=O)O)CO3)c(=O)c2ccccc21. The van der Waals surface area contributed by atoms with E-state index >= 15 is 0 Å². The number of hydrogen-bond donors (Lipinski definition) is 2. The summed E-state index contributed by atoms with van der Waals surface area (Å²) >= 11 is 0. The molecule has 2 fully saturated rings. The van der Waals surface area contributed by atoms with Crippen molar-refractivity contribution in [1.29, 1.82) is 0 Å². The average molecular weight is 692 g/mol. The molecule has 0 radical (unpaired) electrons. The molecular formula is C32H41N3O10S2. The first-order valence-electron chi connectivity index (χ1n) is 15.6. The summed E-state index contributed by atoms with van der Waals surface area (Å²) in [4.78, 5) is 26.4. The number of sulfone groups is 1. The van der Waals surface area contributed by atoms with Crippen molar-refractivity contribution in [2.24, 2.45) is 0 Å². The van der Waals surface area contributed by atoms with Gasteiger partial charge in [-0.15, -0.1) is 0 Å². The van der Waals surface area contributed by atoms with Gasteiger partial charge in [0.2, 0.25) is 15.5 Å². The lowest BCUT2D eigenvalue weighted by atomic mass is 9.88. The standard InChI is InChI=1S/C32H41N3O10S2/c1-4-33-19-29(30(37)27-10-5-6-11-28(27)33)47(42,43)34-14-12-32(13-15-34)17-23(20-45-32)35(31(38)39)18-24(36)21-44-25-8-7-9-26(16-25)46(40,41)22(2)3/h5-11,16,19,22-24,36H,4,12-15,17-18,20-21H2,1-3H3,(H,38,39). The van der Waals surface area contributed by atoms with Gasteiger partial charge < -0.3 is 29.2 Å². The van der Waals surface area contributed by atoms with Crippen LogP contribution in [0.5, 0.6) is 5.75 Å². The summed E-state index contributed by atoms with van der Waals surface area (Å²) in [6.45, 7) is 5.25. The highest BCUT2D eigenvalue weighted by atomic mass is 32.2. The van der Waals surface area contributed by atoms with Crippen molar-refractivity contribution in [3.8, 4) is 5.75 Å². The first-order chi connectivity index (χ1) is 22.2. The van der Waals surface area contributed by atoms with Crippen LogP contribution in [0.15, 0.2) is 69.3 Å². The minimum Gasteiger partial charge on any atom is -0.491 e. The van der Waals surface area contributed by atoms with Crippen LogP contribution in [0, 0.1) is 0 Å². The molecule has 2 aromatic carbocycles. The number of amides is 1. The largest absolute Gasteiger partial charge is 0.491 e. The highest BCUT2D eigenvalue weighted by molar-refractivity contribution is 7.92. The number of piperidine rings is 1. The van der Waals surface area contributed by atoms with Gasteiger partial charge >= 0.3 is 6.09 Å². The van der Waals surface area contributed by atoms with Gasteiger partial charge in [0.15, 0.2) is 9.84 Å². The van der Waals surface area contributed by atoms with Crippen LogP contribution in [0.4, 0.5) is 4.79 Å². The number of benzene rings is 2. The molecule has 256 valence electrons. The zero-order chi connectivity index (χ0) is 34.1. The van der Waals surface area contributed by atoms with Gasteiger partial charge in [-0.05, 0) is 70.4 Å². The molecule has 0 saturated carbocycles. The number of aliphatic hydroxyl groups excluding tert-OH is 1. The van der Waals surface area contributed by atoms with Crippen molar-refractivity contribution in [3.05, 3.63) is 65.0 Å². The number of aryl methyl sites for hydroxylation is 1. The maximum absolute atomic E-state index is 13.7. The van der Waals surface area contributed by atoms with Gasteiger partial charge in [0, 0.05) is 31.2 Å². The molecule has 47 heavy (non-hydrogen) atoms. The number of hydrogen-bond acceptors (Lipinski definition) is 9. The Bertz CT molecular complexity index is 1900. The number of ether oxygens (including phenoxy) is 2. The molecule has 0 aliphatic carbocycles. The molecule has 2 atom stereocenters. The van der Waals surface area contributed by atoms with Crippen LogP contribution in [0.25, 0.3) is 10.9 Å². The average Bonchev–Trinajstić information content (AvgIpc) is 3.45. The van der Waals surface area contributed by atoms with Crippen LogP contribution in [0.3, 0.4) is 0 Å². The van der Waals surface area contributed by atoms with Gasteiger partial charge in [-0.2, -0.15) is 4.31 Å². The lowest BCUT2D eigenvalue weighted by Gasteiger charge is -2.38. The lowest BCUT2D eigenvalue weighted by molar-refractivity contribution is -0.0319. The van der Waals surface area contributed by atoms with E-state index in [2.05, 4.69) is 0 Å². The summed E-state index contributed by atoms with van der Waals surface area (Å²) in [5.74, 6) is 0.231. The summed E-state index contributed by atoms with van der Waals surface area (Å²) in [5, 5.41) is 20.4. The Balaban J connectivity index is 1.21. The van der Waals surface area contributed by atoms with Crippen molar-refractivity contribution in [2.75, 3.05) is 32.8 Å². The summed E-state index contributed by atoms with van der Waals surface area (Å²) in [6, 6.07) is 12.2. The molecule has 2 N–H and O–H groups in total. The molecule has 1 spiro atoms. The van der Waals surface area contributed by atoms with Crippen molar-refractivity contribution in [3.63, 3.8) is 0 Å². The van der Waals surface area contributed by atoms with Gasteiger partial charge in [-0.3, -0.25) is 4.79 Å². The normalized spacial score (nSPS) is 19.3. The van der Waals surface area contributed by atoms with Crippen LogP contribution < -0.4 is 10.2 Å². The topological polar surface area (TPSA) is 173 Å². The summed E-state index contributed by atoms with van der Waals surface area (Å²) in [5.41, 5.74) is -0.634. The van der Waals surface area contributed by atoms with E-state index in [1.807, 2.05) is 6.92 Å². The molecule has 3 aromatic rings. The highest BCUT2D eigenvalue weighted by Crippen LogP contribution is 2.39. The number of sulfonamides is 1. The maximum atomic E-state index is 13.7. The number of aliphatic hydroxyl groups is 1. The molecule has 0 bridgehead atoms. The second kappa shape index (κ2) is 13.5. The fourth-order valence-electron chi connectivity index (χ4n) is 6.27. The van der Waals surface area contributed by atoms with E-state index in [0.717, 1.165) is 4.90 Å². The molecule has 1 aromatic heterocycles. The Morgan fingerprint density at radius 1 is 1.11 bits per heavy atom. The van der Waals surface area contributed by atoms with E-state index in [4.69, 9.17) is 9.47 Å². The summed E-state index contributed by atoms with van der Waals surface area (Å²) in [7, 11) is -7.63. The van der Waals surface area contributed by atoms with E-state index in [0.29, 0.717) is 36.7 Å². The Morgan fingerprint density at radius 3 is 2.47 bits per heavy atom. The minimum absolute atomic E-state index is 0.0770. The number of para-hydroxylation sites is 1. The predicted octanol–water partition coefficient (Wildman–Crippen LogP) is 2.94. The second-order valence-corrected chi connectivity index (χ2v) is 16.8. The Labute approximate surface area is 274 Å². The number of rotatable bonds is 11. The number of carboxylic acid groups (broad SMARTS) is 1. The van der Waals surface area contributed by atoms with Crippen molar-refractivity contribution >= 4 is 36.9 Å². The van der Waals surface area contributed by atoms with E-state index in [1.54, 1.807) is 48.7 Å². The third kappa shape index (κ3) is 7.04. The van der Waals surface area contributed by atoms with Crippen LogP contribution in [0.1, 0.15) is 40.0 Å². The quantitative estimate of drug-likeness (QED) is 0.305. The number of aromatic nitrogens is 1. The van der Waals surface area contributed by atoms with Crippen molar-refractivity contribution in [1.82, 2.24) is 13.8 Å². The lowest BCUT2D eigenvalue weighted by Crippen LogP contribution is -2.49. The zero-order valence-electron chi connectivity index (χ0n) is 26.6. The molecule has 1 amide bonds. The first kappa shape index (κ1) is 34.8. The Morgan fingerprint density at radius 2 is 1.81 bits per heavy atom. The van der Waals surface area contributed by atoms with Gasteiger partial charge in [-0.25, -0.2) is 21.6 Å². The predicted molar refractivity (Wildman–Crippen MR) is 174 cm³/mol. The fourth-order valence-corrected chi connectivity index (χ4v) is 8.91. The van der Waals surface area contributed by atoms with Gasteiger partial charge in [0.1, 0.15) is 23.4 Å². The van der Waals surface area contributed by atoms with E-state index < -0.39 is 54.4 Å². The first-order valence-corrected chi connectivity index (χ1v) is 18.6. The molecule has 13 nitrogen and oxygen atoms in total. The maximum Gasteiger partial charge on any atom is 0.407 e. The van der Waals surface area contributed by atoms with Gasteiger partial charge in [-0.1, -0.05) is 18.2 Å². The number of pyridine rings is 1. The van der Waals surface area contributed by atoms with Crippen LogP contribution in [0.2, 0.25) is 0 Å². The van der Waals surface area contributed by atoms with Gasteiger partial charge in [0.25, 0.3) is 0 Å². The van der Waals surface area contributed by atoms with E-state index in [1.165, 1.54) is 28.7 Å². The van der Waals surface area contributed by atoms with E-state index in [9.17, 15) is 36.6 Å². The van der Waals surface area contributed by atoms with Crippen LogP contribution in [-0.2, 0) is 31.1 Å². The minimum atomic E-state index is -4.11. The highest BCUT2D eigenvalue weighted by Gasteiger charge is 2.47.